The SMILES string of the molecule is O=C(NCC(F)(F)F)c1ccc2nc(-c3cccnc3)cn2c1. The highest BCUT2D eigenvalue weighted by molar-refractivity contribution is 5.94. The fourth-order valence-corrected chi connectivity index (χ4v) is 2.06. The number of hydrogen-bond acceptors (Lipinski definition) is 3. The largest absolute Gasteiger partial charge is 0.405 e. The van der Waals surface area contributed by atoms with Gasteiger partial charge in [0, 0.05) is 30.4 Å². The lowest BCUT2D eigenvalue weighted by atomic mass is 10.2. The van der Waals surface area contributed by atoms with Crippen molar-refractivity contribution in [3.8, 4) is 11.3 Å². The fraction of sp³-hybridized carbons (Fsp3) is 0.133. The minimum atomic E-state index is -4.44. The Morgan fingerprint density at radius 2 is 2.04 bits per heavy atom. The summed E-state index contributed by atoms with van der Waals surface area (Å²) >= 11 is 0. The molecule has 5 nitrogen and oxygen atoms in total. The van der Waals surface area contributed by atoms with Crippen LogP contribution in [-0.2, 0) is 0 Å². The van der Waals surface area contributed by atoms with E-state index in [2.05, 4.69) is 9.97 Å². The van der Waals surface area contributed by atoms with Crippen molar-refractivity contribution in [3.63, 3.8) is 0 Å². The lowest BCUT2D eigenvalue weighted by Crippen LogP contribution is -2.33. The second-order valence-corrected chi connectivity index (χ2v) is 4.85. The van der Waals surface area contributed by atoms with Gasteiger partial charge in [0.15, 0.2) is 0 Å². The molecule has 0 fully saturated rings. The number of rotatable bonds is 3. The van der Waals surface area contributed by atoms with Crippen molar-refractivity contribution in [1.29, 1.82) is 0 Å². The first-order valence-corrected chi connectivity index (χ1v) is 6.66. The molecular weight excluding hydrogens is 309 g/mol. The Hall–Kier alpha value is -2.90. The van der Waals surface area contributed by atoms with Crippen molar-refractivity contribution in [2.75, 3.05) is 6.54 Å². The van der Waals surface area contributed by atoms with E-state index in [1.807, 2.05) is 11.4 Å². The second-order valence-electron chi connectivity index (χ2n) is 4.85. The number of nitrogens with zero attached hydrogens (tertiary/aromatic N) is 3. The quantitative estimate of drug-likeness (QED) is 0.807. The van der Waals surface area contributed by atoms with Crippen LogP contribution >= 0.6 is 0 Å². The van der Waals surface area contributed by atoms with E-state index in [-0.39, 0.29) is 5.56 Å². The van der Waals surface area contributed by atoms with Gasteiger partial charge in [0.25, 0.3) is 5.91 Å². The van der Waals surface area contributed by atoms with Gasteiger partial charge in [0.05, 0.1) is 11.3 Å². The van der Waals surface area contributed by atoms with Crippen LogP contribution in [0.25, 0.3) is 16.9 Å². The summed E-state index contributed by atoms with van der Waals surface area (Å²) < 4.78 is 38.0. The van der Waals surface area contributed by atoms with Crippen LogP contribution in [0.3, 0.4) is 0 Å². The van der Waals surface area contributed by atoms with E-state index >= 15 is 0 Å². The Morgan fingerprint density at radius 3 is 2.74 bits per heavy atom. The standard InChI is InChI=1S/C15H11F3N4O/c16-15(17,18)9-20-14(23)11-3-4-13-21-12(8-22(13)7-11)10-2-1-5-19-6-10/h1-8H,9H2,(H,20,23). The number of pyridine rings is 2. The first-order chi connectivity index (χ1) is 10.9. The normalized spacial score (nSPS) is 11.6. The first kappa shape index (κ1) is 15.0. The molecule has 0 unspecified atom stereocenters. The molecule has 0 aliphatic rings. The second kappa shape index (κ2) is 5.71. The highest BCUT2D eigenvalue weighted by Crippen LogP contribution is 2.18. The van der Waals surface area contributed by atoms with Gasteiger partial charge in [-0.05, 0) is 24.3 Å². The molecule has 0 aliphatic carbocycles. The number of imidazole rings is 1. The maximum atomic E-state index is 12.1. The molecule has 0 atom stereocenters. The van der Waals surface area contributed by atoms with Crippen molar-refractivity contribution in [2.45, 2.75) is 6.18 Å². The number of hydrogen-bond donors (Lipinski definition) is 1. The van der Waals surface area contributed by atoms with Gasteiger partial charge in [0.1, 0.15) is 12.2 Å². The Bertz CT molecular complexity index is 843. The molecular formula is C15H11F3N4O. The van der Waals surface area contributed by atoms with Gasteiger partial charge in [-0.2, -0.15) is 13.2 Å². The first-order valence-electron chi connectivity index (χ1n) is 6.66. The third-order valence-corrected chi connectivity index (χ3v) is 3.12. The molecule has 23 heavy (non-hydrogen) atoms. The summed E-state index contributed by atoms with van der Waals surface area (Å²) in [5.74, 6) is -0.791. The Labute approximate surface area is 128 Å². The molecule has 118 valence electrons. The Morgan fingerprint density at radius 1 is 1.22 bits per heavy atom. The van der Waals surface area contributed by atoms with Crippen LogP contribution in [0.1, 0.15) is 10.4 Å². The van der Waals surface area contributed by atoms with Crippen molar-refractivity contribution in [3.05, 3.63) is 54.6 Å². The molecule has 0 radical (unpaired) electrons. The van der Waals surface area contributed by atoms with Crippen LogP contribution in [-0.4, -0.2) is 33.0 Å². The molecule has 3 aromatic heterocycles. The van der Waals surface area contributed by atoms with Gasteiger partial charge in [-0.15, -0.1) is 0 Å². The molecule has 0 saturated heterocycles. The van der Waals surface area contributed by atoms with Gasteiger partial charge in [-0.1, -0.05) is 0 Å². The molecule has 1 N–H and O–H groups in total. The van der Waals surface area contributed by atoms with Crippen LogP contribution in [0.5, 0.6) is 0 Å². The average Bonchev–Trinajstić information content (AvgIpc) is 2.96. The van der Waals surface area contributed by atoms with E-state index < -0.39 is 18.6 Å². The minimum Gasteiger partial charge on any atom is -0.343 e. The van der Waals surface area contributed by atoms with Gasteiger partial charge >= 0.3 is 6.18 Å². The molecule has 3 heterocycles. The zero-order valence-corrected chi connectivity index (χ0v) is 11.7. The smallest absolute Gasteiger partial charge is 0.343 e. The highest BCUT2D eigenvalue weighted by Gasteiger charge is 2.27. The van der Waals surface area contributed by atoms with E-state index in [0.29, 0.717) is 11.3 Å². The molecule has 8 heteroatoms. The molecule has 3 rings (SSSR count). The number of carbonyl (C=O) groups is 1. The van der Waals surface area contributed by atoms with Crippen molar-refractivity contribution in [1.82, 2.24) is 19.7 Å². The number of aromatic nitrogens is 3. The molecule has 0 bridgehead atoms. The van der Waals surface area contributed by atoms with Gasteiger partial charge in [-0.3, -0.25) is 9.78 Å². The predicted molar refractivity (Wildman–Crippen MR) is 76.8 cm³/mol. The number of amides is 1. The highest BCUT2D eigenvalue weighted by atomic mass is 19.4. The summed E-state index contributed by atoms with van der Waals surface area (Å²) in [6, 6.07) is 6.62. The summed E-state index contributed by atoms with van der Waals surface area (Å²) in [7, 11) is 0. The summed E-state index contributed by atoms with van der Waals surface area (Å²) in [4.78, 5) is 20.1. The number of nitrogens with one attached hydrogen (secondary N) is 1. The lowest BCUT2D eigenvalue weighted by Gasteiger charge is -2.08. The van der Waals surface area contributed by atoms with E-state index in [9.17, 15) is 18.0 Å². The summed E-state index contributed by atoms with van der Waals surface area (Å²) in [6.45, 7) is -1.37. The van der Waals surface area contributed by atoms with E-state index in [1.54, 1.807) is 35.1 Å². The maximum absolute atomic E-state index is 12.1. The van der Waals surface area contributed by atoms with Crippen LogP contribution in [0.15, 0.2) is 49.1 Å². The van der Waals surface area contributed by atoms with Crippen molar-refractivity contribution < 1.29 is 18.0 Å². The predicted octanol–water partition coefficient (Wildman–Crippen LogP) is 2.69. The van der Waals surface area contributed by atoms with E-state index in [4.69, 9.17) is 0 Å². The third kappa shape index (κ3) is 3.47. The molecule has 1 amide bonds. The van der Waals surface area contributed by atoms with Crippen molar-refractivity contribution in [2.24, 2.45) is 0 Å². The monoisotopic (exact) mass is 320 g/mol. The number of carbonyl (C=O) groups excluding carboxylic acids is 1. The van der Waals surface area contributed by atoms with Crippen LogP contribution < -0.4 is 5.32 Å². The molecule has 0 saturated carbocycles. The summed E-state index contributed by atoms with van der Waals surface area (Å²) in [5, 5.41) is 1.83. The number of fused-ring (bicyclic) bond motifs is 1. The third-order valence-electron chi connectivity index (χ3n) is 3.12. The van der Waals surface area contributed by atoms with E-state index in [0.717, 1.165) is 5.56 Å². The molecule has 0 spiro atoms. The van der Waals surface area contributed by atoms with Gasteiger partial charge < -0.3 is 9.72 Å². The average molecular weight is 320 g/mol. The number of alkyl halides is 3. The Balaban J connectivity index is 1.86. The Kier molecular flexibility index (Phi) is 3.73. The summed E-state index contributed by atoms with van der Waals surface area (Å²) in [5.41, 5.74) is 2.17. The number of halogens is 3. The van der Waals surface area contributed by atoms with Crippen LogP contribution in [0.4, 0.5) is 13.2 Å². The van der Waals surface area contributed by atoms with Crippen LogP contribution in [0, 0.1) is 0 Å². The minimum absolute atomic E-state index is 0.122. The van der Waals surface area contributed by atoms with Gasteiger partial charge in [0.2, 0.25) is 0 Å². The maximum Gasteiger partial charge on any atom is 0.405 e. The zero-order valence-electron chi connectivity index (χ0n) is 11.7. The topological polar surface area (TPSA) is 59.3 Å². The zero-order chi connectivity index (χ0) is 16.4. The lowest BCUT2D eigenvalue weighted by molar-refractivity contribution is -0.123. The molecule has 0 aliphatic heterocycles. The van der Waals surface area contributed by atoms with Crippen LogP contribution in [0.2, 0.25) is 0 Å². The van der Waals surface area contributed by atoms with E-state index in [1.165, 1.54) is 12.3 Å². The van der Waals surface area contributed by atoms with Gasteiger partial charge in [-0.25, -0.2) is 4.98 Å². The molecule has 0 aromatic carbocycles. The molecule has 3 aromatic rings. The van der Waals surface area contributed by atoms with Crippen molar-refractivity contribution >= 4 is 11.6 Å². The fourth-order valence-electron chi connectivity index (χ4n) is 2.06. The summed E-state index contributed by atoms with van der Waals surface area (Å²) in [6.07, 6.45) is 1.98.